The number of unbranched alkanes of at least 4 members (excludes halogenated alkanes) is 5. The van der Waals surface area contributed by atoms with Crippen molar-refractivity contribution in [1.82, 2.24) is 5.32 Å². The zero-order chi connectivity index (χ0) is 11.5. The van der Waals surface area contributed by atoms with Gasteiger partial charge in [-0.3, -0.25) is 4.79 Å². The Morgan fingerprint density at radius 1 is 1.20 bits per heavy atom. The lowest BCUT2D eigenvalue weighted by Crippen LogP contribution is -2.28. The monoisotopic (exact) mass is 233 g/mol. The van der Waals surface area contributed by atoms with Crippen molar-refractivity contribution in [1.29, 1.82) is 0 Å². The van der Waals surface area contributed by atoms with Crippen LogP contribution in [-0.2, 0) is 4.79 Å². The van der Waals surface area contributed by atoms with Crippen molar-refractivity contribution >= 4 is 17.5 Å². The van der Waals surface area contributed by atoms with E-state index in [4.69, 9.17) is 11.6 Å². The average Bonchev–Trinajstić information content (AvgIpc) is 2.20. The Labute approximate surface area is 98.8 Å². The highest BCUT2D eigenvalue weighted by atomic mass is 35.5. The fraction of sp³-hybridized carbons (Fsp3) is 0.917. The fourth-order valence-corrected chi connectivity index (χ4v) is 1.49. The largest absolute Gasteiger partial charge is 0.355 e. The molecule has 1 N–H and O–H groups in total. The van der Waals surface area contributed by atoms with Gasteiger partial charge >= 0.3 is 0 Å². The number of rotatable bonds is 9. The molecule has 0 spiro atoms. The summed E-state index contributed by atoms with van der Waals surface area (Å²) in [6.07, 6.45) is 7.97. The van der Waals surface area contributed by atoms with E-state index in [-0.39, 0.29) is 11.3 Å². The molecule has 0 radical (unpaired) electrons. The fourth-order valence-electron chi connectivity index (χ4n) is 1.41. The summed E-state index contributed by atoms with van der Waals surface area (Å²) in [6, 6.07) is 0. The quantitative estimate of drug-likeness (QED) is 0.480. The van der Waals surface area contributed by atoms with Crippen LogP contribution in [0.25, 0.3) is 0 Å². The summed E-state index contributed by atoms with van der Waals surface area (Å²) in [6.45, 7) is 4.67. The highest BCUT2D eigenvalue weighted by Gasteiger charge is 2.02. The second kappa shape index (κ2) is 10.3. The molecular weight excluding hydrogens is 210 g/mol. The Kier molecular flexibility index (Phi) is 10.1. The summed E-state index contributed by atoms with van der Waals surface area (Å²) in [5.41, 5.74) is 0. The van der Waals surface area contributed by atoms with Crippen LogP contribution >= 0.6 is 11.6 Å². The van der Waals surface area contributed by atoms with Crippen molar-refractivity contribution < 1.29 is 4.79 Å². The van der Waals surface area contributed by atoms with Gasteiger partial charge in [0.15, 0.2) is 0 Å². The number of carbonyl (C=O) groups excluding carboxylic acids is 1. The number of nitrogens with one attached hydrogen (secondary N) is 1. The number of carbonyl (C=O) groups is 1. The summed E-state index contributed by atoms with van der Waals surface area (Å²) >= 11 is 5.73. The number of alkyl halides is 1. The lowest BCUT2D eigenvalue weighted by atomic mass is 10.1. The van der Waals surface area contributed by atoms with Gasteiger partial charge in [0.05, 0.1) is 0 Å². The average molecular weight is 234 g/mol. The minimum Gasteiger partial charge on any atom is -0.355 e. The van der Waals surface area contributed by atoms with Crippen molar-refractivity contribution in [3.8, 4) is 0 Å². The van der Waals surface area contributed by atoms with Gasteiger partial charge in [-0.15, -0.1) is 11.6 Å². The minimum absolute atomic E-state index is 0.0264. The molecule has 3 heteroatoms. The standard InChI is InChI=1S/C12H24ClNO/c1-3-4-5-6-7-8-9-12(15)14-10-11(2)13/h11H,3-10H2,1-2H3,(H,14,15). The highest BCUT2D eigenvalue weighted by molar-refractivity contribution is 6.20. The van der Waals surface area contributed by atoms with E-state index in [9.17, 15) is 4.79 Å². The van der Waals surface area contributed by atoms with Crippen LogP contribution < -0.4 is 5.32 Å². The van der Waals surface area contributed by atoms with E-state index in [1.165, 1.54) is 32.1 Å². The van der Waals surface area contributed by atoms with Crippen LogP contribution in [0.3, 0.4) is 0 Å². The number of amides is 1. The summed E-state index contributed by atoms with van der Waals surface area (Å²) in [5, 5.41) is 2.84. The Balaban J connectivity index is 3.17. The van der Waals surface area contributed by atoms with Crippen molar-refractivity contribution in [3.05, 3.63) is 0 Å². The zero-order valence-corrected chi connectivity index (χ0v) is 10.8. The summed E-state index contributed by atoms with van der Waals surface area (Å²) < 4.78 is 0. The maximum Gasteiger partial charge on any atom is 0.220 e. The van der Waals surface area contributed by atoms with Gasteiger partial charge in [0.1, 0.15) is 0 Å². The van der Waals surface area contributed by atoms with Crippen molar-refractivity contribution in [3.63, 3.8) is 0 Å². The molecule has 0 heterocycles. The molecule has 1 amide bonds. The molecule has 0 aromatic carbocycles. The van der Waals surface area contributed by atoms with E-state index < -0.39 is 0 Å². The van der Waals surface area contributed by atoms with Crippen LogP contribution in [0, 0.1) is 0 Å². The van der Waals surface area contributed by atoms with E-state index in [0.29, 0.717) is 13.0 Å². The maximum absolute atomic E-state index is 11.3. The van der Waals surface area contributed by atoms with E-state index >= 15 is 0 Å². The predicted molar refractivity (Wildman–Crippen MR) is 66.3 cm³/mol. The maximum atomic E-state index is 11.3. The molecule has 0 aromatic heterocycles. The van der Waals surface area contributed by atoms with Crippen LogP contribution in [0.4, 0.5) is 0 Å². The third-order valence-electron chi connectivity index (χ3n) is 2.34. The van der Waals surface area contributed by atoms with E-state index in [1.807, 2.05) is 6.92 Å². The molecule has 0 aliphatic carbocycles. The molecule has 2 nitrogen and oxygen atoms in total. The normalized spacial score (nSPS) is 12.5. The minimum atomic E-state index is 0.0264. The van der Waals surface area contributed by atoms with E-state index in [0.717, 1.165) is 6.42 Å². The van der Waals surface area contributed by atoms with Gasteiger partial charge in [0.2, 0.25) is 5.91 Å². The Hall–Kier alpha value is -0.240. The molecule has 0 aliphatic rings. The molecular formula is C12H24ClNO. The molecule has 1 unspecified atom stereocenters. The van der Waals surface area contributed by atoms with Crippen molar-refractivity contribution in [2.45, 2.75) is 64.2 Å². The van der Waals surface area contributed by atoms with Crippen LogP contribution in [0.1, 0.15) is 58.8 Å². The smallest absolute Gasteiger partial charge is 0.220 e. The number of halogens is 1. The second-order valence-electron chi connectivity index (χ2n) is 4.10. The third kappa shape index (κ3) is 11.7. The molecule has 15 heavy (non-hydrogen) atoms. The number of hydrogen-bond acceptors (Lipinski definition) is 1. The SMILES string of the molecule is CCCCCCCCC(=O)NCC(C)Cl. The Morgan fingerprint density at radius 2 is 1.80 bits per heavy atom. The Morgan fingerprint density at radius 3 is 2.40 bits per heavy atom. The van der Waals surface area contributed by atoms with Gasteiger partial charge in [-0.1, -0.05) is 39.0 Å². The van der Waals surface area contributed by atoms with Gasteiger partial charge in [-0.05, 0) is 13.3 Å². The Bertz CT molecular complexity index is 160. The van der Waals surface area contributed by atoms with E-state index in [1.54, 1.807) is 0 Å². The van der Waals surface area contributed by atoms with Crippen LogP contribution in [0.5, 0.6) is 0 Å². The third-order valence-corrected chi connectivity index (χ3v) is 2.49. The summed E-state index contributed by atoms with van der Waals surface area (Å²) in [5.74, 6) is 0.137. The predicted octanol–water partition coefficient (Wildman–Crippen LogP) is 3.48. The molecule has 0 saturated heterocycles. The lowest BCUT2D eigenvalue weighted by molar-refractivity contribution is -0.121. The lowest BCUT2D eigenvalue weighted by Gasteiger charge is -2.06. The molecule has 0 aliphatic heterocycles. The molecule has 1 atom stereocenters. The van der Waals surface area contributed by atoms with Crippen LogP contribution in [0.15, 0.2) is 0 Å². The van der Waals surface area contributed by atoms with E-state index in [2.05, 4.69) is 12.2 Å². The molecule has 0 bridgehead atoms. The van der Waals surface area contributed by atoms with Gasteiger partial charge in [-0.25, -0.2) is 0 Å². The first-order valence-corrected chi connectivity index (χ1v) is 6.51. The number of hydrogen-bond donors (Lipinski definition) is 1. The topological polar surface area (TPSA) is 29.1 Å². The van der Waals surface area contributed by atoms with Gasteiger partial charge < -0.3 is 5.32 Å². The summed E-state index contributed by atoms with van der Waals surface area (Å²) in [7, 11) is 0. The van der Waals surface area contributed by atoms with Gasteiger partial charge in [0, 0.05) is 18.3 Å². The summed E-state index contributed by atoms with van der Waals surface area (Å²) in [4.78, 5) is 11.3. The molecule has 0 saturated carbocycles. The zero-order valence-electron chi connectivity index (χ0n) is 10.0. The van der Waals surface area contributed by atoms with Crippen molar-refractivity contribution in [2.24, 2.45) is 0 Å². The second-order valence-corrected chi connectivity index (χ2v) is 4.85. The molecule has 0 aromatic rings. The molecule has 90 valence electrons. The first-order valence-electron chi connectivity index (χ1n) is 6.07. The highest BCUT2D eigenvalue weighted by Crippen LogP contribution is 2.06. The van der Waals surface area contributed by atoms with Crippen LogP contribution in [-0.4, -0.2) is 17.8 Å². The molecule has 0 fully saturated rings. The van der Waals surface area contributed by atoms with Gasteiger partial charge in [0.25, 0.3) is 0 Å². The van der Waals surface area contributed by atoms with Crippen molar-refractivity contribution in [2.75, 3.05) is 6.54 Å². The first kappa shape index (κ1) is 14.8. The first-order chi connectivity index (χ1) is 7.16. The molecule has 0 rings (SSSR count). The van der Waals surface area contributed by atoms with Crippen LogP contribution in [0.2, 0.25) is 0 Å². The van der Waals surface area contributed by atoms with Gasteiger partial charge in [-0.2, -0.15) is 0 Å².